The van der Waals surface area contributed by atoms with Crippen molar-refractivity contribution in [1.29, 1.82) is 0 Å². The minimum atomic E-state index is -4.59. The number of allylic oxidation sites excluding steroid dienone is 2. The van der Waals surface area contributed by atoms with Gasteiger partial charge in [-0.05, 0) is 36.3 Å². The summed E-state index contributed by atoms with van der Waals surface area (Å²) in [6.07, 6.45) is -1.12. The van der Waals surface area contributed by atoms with Crippen LogP contribution in [0, 0.1) is 0 Å². The van der Waals surface area contributed by atoms with Crippen LogP contribution in [0.4, 0.5) is 18.9 Å². The second kappa shape index (κ2) is 10.1. The van der Waals surface area contributed by atoms with Crippen LogP contribution in [0.15, 0.2) is 71.2 Å². The Morgan fingerprint density at radius 3 is 2.47 bits per heavy atom. The summed E-state index contributed by atoms with van der Waals surface area (Å²) in [7, 11) is 0. The van der Waals surface area contributed by atoms with Crippen LogP contribution in [0.3, 0.4) is 0 Å². The summed E-state index contributed by atoms with van der Waals surface area (Å²) in [6, 6.07) is 14.4. The second-order valence-corrected chi connectivity index (χ2v) is 8.65. The average Bonchev–Trinajstić information content (AvgIpc) is 2.99. The van der Waals surface area contributed by atoms with Crippen LogP contribution in [-0.4, -0.2) is 27.6 Å². The summed E-state index contributed by atoms with van der Waals surface area (Å²) < 4.78 is 39.6. The van der Waals surface area contributed by atoms with Gasteiger partial charge in [0.2, 0.25) is 5.91 Å². The Balaban J connectivity index is 1.63. The Morgan fingerprint density at radius 2 is 1.78 bits per heavy atom. The van der Waals surface area contributed by atoms with Gasteiger partial charge in [-0.25, -0.2) is 0 Å². The summed E-state index contributed by atoms with van der Waals surface area (Å²) in [5.41, 5.74) is 0.602. The number of amides is 2. The number of nitrogens with one attached hydrogen (secondary N) is 1. The molecule has 1 heterocycles. The van der Waals surface area contributed by atoms with Gasteiger partial charge in [-0.3, -0.25) is 14.5 Å². The molecule has 32 heavy (non-hydrogen) atoms. The SMILES string of the molecule is CC(/C=C1\SC(=S)N(CCC(=O)Nc2ccccc2C(F)(F)F)C1=O)=C\c1ccccc1. The maximum absolute atomic E-state index is 13.1. The van der Waals surface area contributed by atoms with Crippen molar-refractivity contribution in [3.63, 3.8) is 0 Å². The molecule has 0 radical (unpaired) electrons. The number of thioether (sulfide) groups is 1. The fourth-order valence-corrected chi connectivity index (χ4v) is 4.38. The normalized spacial score (nSPS) is 16.1. The molecule has 1 aliphatic rings. The van der Waals surface area contributed by atoms with E-state index >= 15 is 0 Å². The average molecular weight is 477 g/mol. The van der Waals surface area contributed by atoms with Gasteiger partial charge < -0.3 is 5.32 Å². The highest BCUT2D eigenvalue weighted by atomic mass is 32.2. The first-order chi connectivity index (χ1) is 15.1. The zero-order valence-electron chi connectivity index (χ0n) is 17.0. The largest absolute Gasteiger partial charge is 0.418 e. The molecular weight excluding hydrogens is 457 g/mol. The molecule has 1 N–H and O–H groups in total. The van der Waals surface area contributed by atoms with Crippen LogP contribution in [-0.2, 0) is 15.8 Å². The highest BCUT2D eigenvalue weighted by Crippen LogP contribution is 2.35. The molecule has 1 fully saturated rings. The Morgan fingerprint density at radius 1 is 1.12 bits per heavy atom. The molecule has 4 nitrogen and oxygen atoms in total. The molecule has 166 valence electrons. The fourth-order valence-electron chi connectivity index (χ4n) is 3.02. The van der Waals surface area contributed by atoms with Gasteiger partial charge in [-0.1, -0.05) is 72.5 Å². The molecule has 0 aromatic heterocycles. The quantitative estimate of drug-likeness (QED) is 0.418. The molecule has 1 saturated heterocycles. The van der Waals surface area contributed by atoms with Gasteiger partial charge in [0, 0.05) is 13.0 Å². The maximum atomic E-state index is 13.1. The van der Waals surface area contributed by atoms with E-state index in [1.807, 2.05) is 43.3 Å². The second-order valence-electron chi connectivity index (χ2n) is 6.97. The van der Waals surface area contributed by atoms with Crippen LogP contribution in [0.25, 0.3) is 6.08 Å². The molecule has 2 amide bonds. The van der Waals surface area contributed by atoms with Gasteiger partial charge in [-0.15, -0.1) is 0 Å². The van der Waals surface area contributed by atoms with Gasteiger partial charge in [-0.2, -0.15) is 13.2 Å². The van der Waals surface area contributed by atoms with Gasteiger partial charge in [0.25, 0.3) is 5.91 Å². The van der Waals surface area contributed by atoms with Crippen molar-refractivity contribution < 1.29 is 22.8 Å². The predicted molar refractivity (Wildman–Crippen MR) is 125 cm³/mol. The third kappa shape index (κ3) is 6.08. The third-order valence-corrected chi connectivity index (χ3v) is 5.87. The lowest BCUT2D eigenvalue weighted by atomic mass is 10.1. The van der Waals surface area contributed by atoms with E-state index in [2.05, 4.69) is 5.32 Å². The first kappa shape index (κ1) is 23.7. The summed E-state index contributed by atoms with van der Waals surface area (Å²) in [5, 5.41) is 2.27. The lowest BCUT2D eigenvalue weighted by Crippen LogP contribution is -2.31. The van der Waals surface area contributed by atoms with E-state index in [-0.39, 0.29) is 24.6 Å². The Labute approximate surface area is 193 Å². The number of carbonyl (C=O) groups is 2. The first-order valence-electron chi connectivity index (χ1n) is 9.60. The van der Waals surface area contributed by atoms with E-state index in [9.17, 15) is 22.8 Å². The van der Waals surface area contributed by atoms with E-state index < -0.39 is 17.6 Å². The maximum Gasteiger partial charge on any atom is 0.418 e. The van der Waals surface area contributed by atoms with Gasteiger partial charge in [0.15, 0.2) is 0 Å². The Bertz CT molecular complexity index is 1100. The standard InChI is InChI=1S/C23H19F3N2O2S2/c1-15(13-16-7-3-2-4-8-16)14-19-21(30)28(22(31)32-19)12-11-20(29)27-18-10-6-5-9-17(18)23(24,25)26/h2-10,13-14H,11-12H2,1H3,(H,27,29)/b15-13+,19-14-. The lowest BCUT2D eigenvalue weighted by Gasteiger charge is -2.16. The number of carbonyl (C=O) groups excluding carboxylic acids is 2. The Kier molecular flexibility index (Phi) is 7.52. The number of nitrogens with zero attached hydrogens (tertiary/aromatic N) is 1. The van der Waals surface area contributed by atoms with Crippen molar-refractivity contribution in [1.82, 2.24) is 4.90 Å². The van der Waals surface area contributed by atoms with Crippen molar-refractivity contribution >= 4 is 51.9 Å². The molecular formula is C23H19F3N2O2S2. The molecule has 9 heteroatoms. The highest BCUT2D eigenvalue weighted by Gasteiger charge is 2.34. The summed E-state index contributed by atoms with van der Waals surface area (Å²) in [5.74, 6) is -0.968. The summed E-state index contributed by atoms with van der Waals surface area (Å²) >= 11 is 6.39. The van der Waals surface area contributed by atoms with Crippen LogP contribution in [0.5, 0.6) is 0 Å². The van der Waals surface area contributed by atoms with Crippen LogP contribution in [0.1, 0.15) is 24.5 Å². The Hall–Kier alpha value is -2.91. The van der Waals surface area contributed by atoms with Crippen LogP contribution >= 0.6 is 24.0 Å². The number of alkyl halides is 3. The zero-order valence-corrected chi connectivity index (χ0v) is 18.6. The van der Waals surface area contributed by atoms with Gasteiger partial charge in [0.1, 0.15) is 4.32 Å². The molecule has 0 atom stereocenters. The van der Waals surface area contributed by atoms with Crippen molar-refractivity contribution in [2.24, 2.45) is 0 Å². The van der Waals surface area contributed by atoms with E-state index in [1.54, 1.807) is 6.08 Å². The highest BCUT2D eigenvalue weighted by molar-refractivity contribution is 8.26. The molecule has 0 aliphatic carbocycles. The molecule has 3 rings (SSSR count). The zero-order chi connectivity index (χ0) is 23.3. The monoisotopic (exact) mass is 476 g/mol. The minimum absolute atomic E-state index is 0.0243. The van der Waals surface area contributed by atoms with Crippen molar-refractivity contribution in [3.05, 3.63) is 82.3 Å². The fraction of sp³-hybridized carbons (Fsp3) is 0.174. The third-order valence-electron chi connectivity index (χ3n) is 4.50. The minimum Gasteiger partial charge on any atom is -0.325 e. The lowest BCUT2D eigenvalue weighted by molar-refractivity contribution is -0.137. The van der Waals surface area contributed by atoms with Crippen LogP contribution in [0.2, 0.25) is 0 Å². The number of halogens is 3. The predicted octanol–water partition coefficient (Wildman–Crippen LogP) is 5.88. The van der Waals surface area contributed by atoms with E-state index in [0.717, 1.165) is 29.0 Å². The summed E-state index contributed by atoms with van der Waals surface area (Å²) in [6.45, 7) is 1.84. The van der Waals surface area contributed by atoms with E-state index in [0.29, 0.717) is 9.23 Å². The van der Waals surface area contributed by atoms with Crippen molar-refractivity contribution in [3.8, 4) is 0 Å². The first-order valence-corrected chi connectivity index (χ1v) is 10.8. The molecule has 0 spiro atoms. The van der Waals surface area contributed by atoms with Crippen LogP contribution < -0.4 is 5.32 Å². The smallest absolute Gasteiger partial charge is 0.325 e. The van der Waals surface area contributed by atoms with E-state index in [1.165, 1.54) is 23.1 Å². The molecule has 2 aromatic rings. The van der Waals surface area contributed by atoms with E-state index in [4.69, 9.17) is 12.2 Å². The van der Waals surface area contributed by atoms with Gasteiger partial charge >= 0.3 is 6.18 Å². The number of hydrogen-bond acceptors (Lipinski definition) is 4. The summed E-state index contributed by atoms with van der Waals surface area (Å²) in [4.78, 5) is 26.7. The number of rotatable bonds is 6. The van der Waals surface area contributed by atoms with Gasteiger partial charge in [0.05, 0.1) is 16.2 Å². The molecule has 0 bridgehead atoms. The number of anilines is 1. The number of hydrogen-bond donors (Lipinski definition) is 1. The number of benzene rings is 2. The number of para-hydroxylation sites is 1. The van der Waals surface area contributed by atoms with Crippen molar-refractivity contribution in [2.75, 3.05) is 11.9 Å². The molecule has 2 aromatic carbocycles. The molecule has 1 aliphatic heterocycles. The molecule has 0 saturated carbocycles. The van der Waals surface area contributed by atoms with Crippen molar-refractivity contribution in [2.45, 2.75) is 19.5 Å². The molecule has 0 unspecified atom stereocenters. The topological polar surface area (TPSA) is 49.4 Å². The number of thiocarbonyl (C=S) groups is 1.